The highest BCUT2D eigenvalue weighted by Crippen LogP contribution is 2.35. The van der Waals surface area contributed by atoms with Crippen molar-refractivity contribution in [2.45, 2.75) is 0 Å². The van der Waals surface area contributed by atoms with E-state index in [1.165, 1.54) is 48.5 Å². The standard InChI is InChI=1S/C22H12ClNO6/c23-15-5-3-14(4-6-15)22(26)29-17-9-10-18-19(12-17)30-20(21(18)25)11-13-1-7-16(8-2-13)24(27)28/h1-12H/b20-11-. The molecule has 30 heavy (non-hydrogen) atoms. The number of esters is 1. The molecule has 0 radical (unpaired) electrons. The van der Waals surface area contributed by atoms with Crippen LogP contribution in [0.3, 0.4) is 0 Å². The number of benzene rings is 3. The van der Waals surface area contributed by atoms with Gasteiger partial charge in [0.1, 0.15) is 11.5 Å². The van der Waals surface area contributed by atoms with Gasteiger partial charge in [-0.3, -0.25) is 14.9 Å². The van der Waals surface area contributed by atoms with E-state index in [9.17, 15) is 19.7 Å². The Balaban J connectivity index is 1.52. The summed E-state index contributed by atoms with van der Waals surface area (Å²) in [7, 11) is 0. The molecule has 4 rings (SSSR count). The predicted molar refractivity (Wildman–Crippen MR) is 109 cm³/mol. The number of hydrogen-bond donors (Lipinski definition) is 0. The molecule has 1 aliphatic rings. The third-order valence-corrected chi connectivity index (χ3v) is 4.59. The van der Waals surface area contributed by atoms with Crippen LogP contribution in [0.1, 0.15) is 26.3 Å². The van der Waals surface area contributed by atoms with Crippen LogP contribution in [0, 0.1) is 10.1 Å². The average Bonchev–Trinajstić information content (AvgIpc) is 3.03. The van der Waals surface area contributed by atoms with E-state index in [1.54, 1.807) is 24.3 Å². The number of carbonyl (C=O) groups is 2. The highest BCUT2D eigenvalue weighted by Gasteiger charge is 2.28. The maximum atomic E-state index is 12.5. The summed E-state index contributed by atoms with van der Waals surface area (Å²) in [5.41, 5.74) is 1.18. The van der Waals surface area contributed by atoms with Crippen molar-refractivity contribution in [3.8, 4) is 11.5 Å². The minimum Gasteiger partial charge on any atom is -0.452 e. The van der Waals surface area contributed by atoms with Gasteiger partial charge >= 0.3 is 5.97 Å². The van der Waals surface area contributed by atoms with Gasteiger partial charge in [0.2, 0.25) is 5.78 Å². The van der Waals surface area contributed by atoms with Gasteiger partial charge < -0.3 is 9.47 Å². The van der Waals surface area contributed by atoms with Gasteiger partial charge in [0.25, 0.3) is 5.69 Å². The minimum absolute atomic E-state index is 0.0498. The van der Waals surface area contributed by atoms with Crippen LogP contribution in [-0.2, 0) is 0 Å². The first-order valence-corrected chi connectivity index (χ1v) is 9.09. The SMILES string of the molecule is O=C(Oc1ccc2c(c1)O/C(=C\c1ccc([N+](=O)[O-])cc1)C2=O)c1ccc(Cl)cc1. The van der Waals surface area contributed by atoms with Gasteiger partial charge in [-0.25, -0.2) is 4.79 Å². The van der Waals surface area contributed by atoms with Crippen molar-refractivity contribution < 1.29 is 24.0 Å². The quantitative estimate of drug-likeness (QED) is 0.191. The number of carbonyl (C=O) groups excluding carboxylic acids is 2. The van der Waals surface area contributed by atoms with E-state index in [4.69, 9.17) is 21.1 Å². The van der Waals surface area contributed by atoms with Crippen LogP contribution in [-0.4, -0.2) is 16.7 Å². The number of nitrogens with zero attached hydrogens (tertiary/aromatic N) is 1. The fraction of sp³-hybridized carbons (Fsp3) is 0. The van der Waals surface area contributed by atoms with Gasteiger partial charge in [-0.15, -0.1) is 0 Å². The maximum Gasteiger partial charge on any atom is 0.343 e. The van der Waals surface area contributed by atoms with E-state index in [0.29, 0.717) is 21.7 Å². The second kappa shape index (κ2) is 7.81. The van der Waals surface area contributed by atoms with Gasteiger partial charge in [0.05, 0.1) is 16.1 Å². The van der Waals surface area contributed by atoms with Gasteiger partial charge in [-0.05, 0) is 60.2 Å². The number of nitro groups is 1. The van der Waals surface area contributed by atoms with Gasteiger partial charge in [0.15, 0.2) is 5.76 Å². The van der Waals surface area contributed by atoms with Crippen LogP contribution in [0.25, 0.3) is 6.08 Å². The van der Waals surface area contributed by atoms with E-state index in [-0.39, 0.29) is 28.7 Å². The fourth-order valence-corrected chi connectivity index (χ4v) is 2.95. The molecular formula is C22H12ClNO6. The molecule has 3 aromatic rings. The van der Waals surface area contributed by atoms with Gasteiger partial charge in [-0.1, -0.05) is 11.6 Å². The molecule has 1 aliphatic heterocycles. The van der Waals surface area contributed by atoms with Crippen molar-refractivity contribution in [2.75, 3.05) is 0 Å². The zero-order chi connectivity index (χ0) is 21.3. The number of non-ortho nitro benzene ring substituents is 1. The fourth-order valence-electron chi connectivity index (χ4n) is 2.83. The normalized spacial score (nSPS) is 13.6. The molecule has 0 fully saturated rings. The van der Waals surface area contributed by atoms with Crippen molar-refractivity contribution in [1.29, 1.82) is 0 Å². The summed E-state index contributed by atoms with van der Waals surface area (Å²) in [5.74, 6) is -0.357. The number of nitro benzene ring substituents is 1. The third-order valence-electron chi connectivity index (χ3n) is 4.33. The first kappa shape index (κ1) is 19.4. The van der Waals surface area contributed by atoms with Gasteiger partial charge in [-0.2, -0.15) is 0 Å². The molecule has 0 amide bonds. The molecule has 0 aliphatic carbocycles. The van der Waals surface area contributed by atoms with E-state index in [0.717, 1.165) is 0 Å². The molecule has 7 nitrogen and oxygen atoms in total. The molecule has 0 unspecified atom stereocenters. The monoisotopic (exact) mass is 421 g/mol. The number of ketones is 1. The van der Waals surface area contributed by atoms with Crippen LogP contribution >= 0.6 is 11.6 Å². The predicted octanol–water partition coefficient (Wildman–Crippen LogP) is 5.08. The number of allylic oxidation sites excluding steroid dienone is 1. The van der Waals surface area contributed by atoms with Crippen LogP contribution < -0.4 is 9.47 Å². The molecule has 0 saturated heterocycles. The van der Waals surface area contributed by atoms with Gasteiger partial charge in [0, 0.05) is 23.2 Å². The Bertz CT molecular complexity index is 1200. The summed E-state index contributed by atoms with van der Waals surface area (Å²) >= 11 is 5.81. The second-order valence-corrected chi connectivity index (χ2v) is 6.78. The Morgan fingerprint density at radius 1 is 1.03 bits per heavy atom. The largest absolute Gasteiger partial charge is 0.452 e. The number of ether oxygens (including phenoxy) is 2. The number of Topliss-reactive ketones (excluding diaryl/α,β-unsaturated/α-hetero) is 1. The lowest BCUT2D eigenvalue weighted by Crippen LogP contribution is -2.08. The minimum atomic E-state index is -0.572. The Kier molecular flexibility index (Phi) is 5.04. The summed E-state index contributed by atoms with van der Waals surface area (Å²) in [4.78, 5) is 35.0. The van der Waals surface area contributed by atoms with E-state index in [1.807, 2.05) is 0 Å². The van der Waals surface area contributed by atoms with Crippen LogP contribution in [0.5, 0.6) is 11.5 Å². The molecule has 0 spiro atoms. The second-order valence-electron chi connectivity index (χ2n) is 6.34. The highest BCUT2D eigenvalue weighted by molar-refractivity contribution is 6.30. The van der Waals surface area contributed by atoms with E-state index in [2.05, 4.69) is 0 Å². The number of halogens is 1. The van der Waals surface area contributed by atoms with Crippen molar-refractivity contribution in [2.24, 2.45) is 0 Å². The van der Waals surface area contributed by atoms with Crippen LogP contribution in [0.15, 0.2) is 72.5 Å². The average molecular weight is 422 g/mol. The summed E-state index contributed by atoms with van der Waals surface area (Å²) in [5, 5.41) is 11.2. The Hall–Kier alpha value is -3.97. The summed E-state index contributed by atoms with van der Waals surface area (Å²) in [6.07, 6.45) is 1.49. The van der Waals surface area contributed by atoms with Crippen molar-refractivity contribution >= 4 is 35.1 Å². The first-order chi connectivity index (χ1) is 14.4. The zero-order valence-electron chi connectivity index (χ0n) is 15.2. The molecule has 0 N–H and O–H groups in total. The third kappa shape index (κ3) is 3.92. The summed E-state index contributed by atoms with van der Waals surface area (Å²) < 4.78 is 10.9. The summed E-state index contributed by atoms with van der Waals surface area (Å²) in [6, 6.07) is 16.4. The lowest BCUT2D eigenvalue weighted by atomic mass is 10.1. The molecular weight excluding hydrogens is 410 g/mol. The number of hydrogen-bond acceptors (Lipinski definition) is 6. The van der Waals surface area contributed by atoms with Crippen molar-refractivity contribution in [3.05, 3.63) is 104 Å². The molecule has 0 aromatic heterocycles. The van der Waals surface area contributed by atoms with Crippen molar-refractivity contribution in [3.63, 3.8) is 0 Å². The van der Waals surface area contributed by atoms with Crippen molar-refractivity contribution in [1.82, 2.24) is 0 Å². The summed E-state index contributed by atoms with van der Waals surface area (Å²) in [6.45, 7) is 0. The molecule has 1 heterocycles. The van der Waals surface area contributed by atoms with Crippen LogP contribution in [0.4, 0.5) is 5.69 Å². The zero-order valence-corrected chi connectivity index (χ0v) is 16.0. The lowest BCUT2D eigenvalue weighted by Gasteiger charge is -2.05. The van der Waals surface area contributed by atoms with Crippen LogP contribution in [0.2, 0.25) is 5.02 Å². The number of fused-ring (bicyclic) bond motifs is 1. The topological polar surface area (TPSA) is 95.7 Å². The Labute approximate surface area is 175 Å². The first-order valence-electron chi connectivity index (χ1n) is 8.71. The lowest BCUT2D eigenvalue weighted by molar-refractivity contribution is -0.384. The Morgan fingerprint density at radius 2 is 1.73 bits per heavy atom. The number of rotatable bonds is 4. The molecule has 148 valence electrons. The highest BCUT2D eigenvalue weighted by atomic mass is 35.5. The molecule has 0 bridgehead atoms. The van der Waals surface area contributed by atoms with E-state index < -0.39 is 10.9 Å². The maximum absolute atomic E-state index is 12.5. The molecule has 0 atom stereocenters. The molecule has 0 saturated carbocycles. The molecule has 8 heteroatoms. The smallest absolute Gasteiger partial charge is 0.343 e. The Morgan fingerprint density at radius 3 is 2.40 bits per heavy atom. The van der Waals surface area contributed by atoms with E-state index >= 15 is 0 Å². The molecule has 3 aromatic carbocycles.